The third kappa shape index (κ3) is 4.64. The SMILES string of the molecule is Cc1sc2nc(CCN)nc(N(CCN(C)C)Cc3ccccc3)c2c1C. The maximum Gasteiger partial charge on any atom is 0.141 e. The minimum absolute atomic E-state index is 0.560. The van der Waals surface area contributed by atoms with Crippen LogP contribution in [-0.4, -0.2) is 48.6 Å². The fourth-order valence-electron chi connectivity index (χ4n) is 3.13. The van der Waals surface area contributed by atoms with Crippen molar-refractivity contribution >= 4 is 27.4 Å². The average molecular weight is 384 g/mol. The summed E-state index contributed by atoms with van der Waals surface area (Å²) in [7, 11) is 4.21. The van der Waals surface area contributed by atoms with Crippen molar-refractivity contribution in [2.75, 3.05) is 38.6 Å². The minimum Gasteiger partial charge on any atom is -0.350 e. The zero-order valence-electron chi connectivity index (χ0n) is 16.7. The number of thiophene rings is 1. The van der Waals surface area contributed by atoms with Crippen LogP contribution in [0.5, 0.6) is 0 Å². The Balaban J connectivity index is 2.09. The fourth-order valence-corrected chi connectivity index (χ4v) is 4.17. The fraction of sp³-hybridized carbons (Fsp3) is 0.429. The first-order valence-electron chi connectivity index (χ1n) is 9.40. The summed E-state index contributed by atoms with van der Waals surface area (Å²) in [5, 5.41) is 1.19. The largest absolute Gasteiger partial charge is 0.350 e. The number of anilines is 1. The van der Waals surface area contributed by atoms with Gasteiger partial charge in [-0.05, 0) is 45.6 Å². The molecule has 0 atom stereocenters. The van der Waals surface area contributed by atoms with Gasteiger partial charge < -0.3 is 15.5 Å². The molecule has 27 heavy (non-hydrogen) atoms. The average Bonchev–Trinajstić information content (AvgIpc) is 2.93. The number of likely N-dealkylation sites (N-methyl/N-ethyl adjacent to an activating group) is 1. The van der Waals surface area contributed by atoms with Crippen LogP contribution in [0, 0.1) is 13.8 Å². The number of aryl methyl sites for hydroxylation is 2. The first-order valence-corrected chi connectivity index (χ1v) is 10.2. The van der Waals surface area contributed by atoms with Crippen LogP contribution >= 0.6 is 11.3 Å². The molecule has 3 aromatic rings. The number of nitrogens with two attached hydrogens (primary N) is 1. The van der Waals surface area contributed by atoms with Crippen LogP contribution in [0.3, 0.4) is 0 Å². The molecule has 0 fully saturated rings. The molecule has 0 saturated carbocycles. The number of benzene rings is 1. The summed E-state index contributed by atoms with van der Waals surface area (Å²) in [6, 6.07) is 10.6. The standard InChI is InChI=1S/C21H29N5S/c1-15-16(2)27-21-19(15)20(23-18(24-21)10-11-22)26(13-12-25(3)4)14-17-8-6-5-7-9-17/h5-9H,10-14,22H2,1-4H3. The summed E-state index contributed by atoms with van der Waals surface area (Å²) in [6.45, 7) is 7.60. The second-order valence-electron chi connectivity index (χ2n) is 7.18. The van der Waals surface area contributed by atoms with Crippen molar-refractivity contribution in [3.8, 4) is 0 Å². The number of aromatic nitrogens is 2. The summed E-state index contributed by atoms with van der Waals surface area (Å²) in [6.07, 6.45) is 0.700. The van der Waals surface area contributed by atoms with Gasteiger partial charge in [0.05, 0.1) is 5.39 Å². The smallest absolute Gasteiger partial charge is 0.141 e. The highest BCUT2D eigenvalue weighted by Crippen LogP contribution is 2.35. The van der Waals surface area contributed by atoms with E-state index in [4.69, 9.17) is 15.7 Å². The van der Waals surface area contributed by atoms with Gasteiger partial charge in [-0.25, -0.2) is 9.97 Å². The Bertz CT molecular complexity index is 888. The second-order valence-corrected chi connectivity index (χ2v) is 8.38. The lowest BCUT2D eigenvalue weighted by atomic mass is 10.1. The summed E-state index contributed by atoms with van der Waals surface area (Å²) < 4.78 is 0. The summed E-state index contributed by atoms with van der Waals surface area (Å²) >= 11 is 1.75. The van der Waals surface area contributed by atoms with E-state index < -0.39 is 0 Å². The highest BCUT2D eigenvalue weighted by atomic mass is 32.1. The molecule has 2 N–H and O–H groups in total. The molecule has 0 bridgehead atoms. The molecule has 2 aromatic heterocycles. The molecule has 0 unspecified atom stereocenters. The van der Waals surface area contributed by atoms with E-state index in [-0.39, 0.29) is 0 Å². The second kappa shape index (κ2) is 8.78. The molecular formula is C21H29N5S. The van der Waals surface area contributed by atoms with Gasteiger partial charge in [-0.3, -0.25) is 0 Å². The van der Waals surface area contributed by atoms with E-state index in [0.29, 0.717) is 13.0 Å². The van der Waals surface area contributed by atoms with E-state index >= 15 is 0 Å². The van der Waals surface area contributed by atoms with Gasteiger partial charge in [0, 0.05) is 30.9 Å². The molecule has 5 nitrogen and oxygen atoms in total. The monoisotopic (exact) mass is 383 g/mol. The Labute approximate surface area is 165 Å². The van der Waals surface area contributed by atoms with Crippen molar-refractivity contribution in [2.45, 2.75) is 26.8 Å². The molecule has 0 aliphatic rings. The lowest BCUT2D eigenvalue weighted by Gasteiger charge is -2.27. The van der Waals surface area contributed by atoms with Gasteiger partial charge in [0.2, 0.25) is 0 Å². The van der Waals surface area contributed by atoms with E-state index in [2.05, 4.69) is 68.1 Å². The topological polar surface area (TPSA) is 58.3 Å². The summed E-state index contributed by atoms with van der Waals surface area (Å²) in [4.78, 5) is 16.7. The van der Waals surface area contributed by atoms with Crippen LogP contribution in [0.15, 0.2) is 30.3 Å². The third-order valence-corrected chi connectivity index (χ3v) is 5.86. The van der Waals surface area contributed by atoms with Gasteiger partial charge in [-0.15, -0.1) is 11.3 Å². The van der Waals surface area contributed by atoms with Crippen molar-refractivity contribution in [1.29, 1.82) is 0 Å². The van der Waals surface area contributed by atoms with Gasteiger partial charge in [0.15, 0.2) is 0 Å². The van der Waals surface area contributed by atoms with E-state index in [1.54, 1.807) is 11.3 Å². The first-order chi connectivity index (χ1) is 13.0. The molecular weight excluding hydrogens is 354 g/mol. The molecule has 2 heterocycles. The third-order valence-electron chi connectivity index (χ3n) is 4.76. The van der Waals surface area contributed by atoms with Crippen LogP contribution in [-0.2, 0) is 13.0 Å². The lowest BCUT2D eigenvalue weighted by molar-refractivity contribution is 0.412. The predicted molar refractivity (Wildman–Crippen MR) is 116 cm³/mol. The number of hydrogen-bond acceptors (Lipinski definition) is 6. The van der Waals surface area contributed by atoms with Gasteiger partial charge in [-0.2, -0.15) is 0 Å². The van der Waals surface area contributed by atoms with Gasteiger partial charge in [0.1, 0.15) is 16.5 Å². The summed E-state index contributed by atoms with van der Waals surface area (Å²) in [5.74, 6) is 1.88. The molecule has 0 saturated heterocycles. The Morgan fingerprint density at radius 1 is 1.04 bits per heavy atom. The lowest BCUT2D eigenvalue weighted by Crippen LogP contribution is -2.32. The molecule has 144 valence electrons. The van der Waals surface area contributed by atoms with Crippen LogP contribution in [0.4, 0.5) is 5.82 Å². The predicted octanol–water partition coefficient (Wildman–Crippen LogP) is 3.38. The van der Waals surface area contributed by atoms with Gasteiger partial charge in [0.25, 0.3) is 0 Å². The number of nitrogens with zero attached hydrogens (tertiary/aromatic N) is 4. The van der Waals surface area contributed by atoms with Crippen molar-refractivity contribution in [2.24, 2.45) is 5.73 Å². The van der Waals surface area contributed by atoms with Crippen molar-refractivity contribution < 1.29 is 0 Å². The van der Waals surface area contributed by atoms with Crippen molar-refractivity contribution in [3.63, 3.8) is 0 Å². The van der Waals surface area contributed by atoms with E-state index in [9.17, 15) is 0 Å². The molecule has 0 aliphatic heterocycles. The maximum absolute atomic E-state index is 5.79. The van der Waals surface area contributed by atoms with Crippen LogP contribution < -0.4 is 10.6 Å². The van der Waals surface area contributed by atoms with Crippen LogP contribution in [0.1, 0.15) is 21.8 Å². The summed E-state index contributed by atoms with van der Waals surface area (Å²) in [5.41, 5.74) is 8.36. The van der Waals surface area contributed by atoms with Crippen LogP contribution in [0.25, 0.3) is 10.2 Å². The van der Waals surface area contributed by atoms with E-state index in [1.807, 2.05) is 0 Å². The number of hydrogen-bond donors (Lipinski definition) is 1. The molecule has 0 spiro atoms. The number of rotatable bonds is 8. The Morgan fingerprint density at radius 3 is 2.44 bits per heavy atom. The van der Waals surface area contributed by atoms with Gasteiger partial charge >= 0.3 is 0 Å². The van der Waals surface area contributed by atoms with Gasteiger partial charge in [-0.1, -0.05) is 30.3 Å². The quantitative estimate of drug-likeness (QED) is 0.646. The molecule has 0 aliphatic carbocycles. The van der Waals surface area contributed by atoms with E-state index in [1.165, 1.54) is 21.4 Å². The first kappa shape index (κ1) is 19.7. The zero-order chi connectivity index (χ0) is 19.4. The highest BCUT2D eigenvalue weighted by molar-refractivity contribution is 7.18. The Kier molecular flexibility index (Phi) is 6.42. The maximum atomic E-state index is 5.79. The molecule has 1 aromatic carbocycles. The van der Waals surface area contributed by atoms with Crippen molar-refractivity contribution in [1.82, 2.24) is 14.9 Å². The molecule has 3 rings (SSSR count). The normalized spacial score (nSPS) is 11.5. The molecule has 0 amide bonds. The highest BCUT2D eigenvalue weighted by Gasteiger charge is 2.19. The van der Waals surface area contributed by atoms with Crippen LogP contribution in [0.2, 0.25) is 0 Å². The minimum atomic E-state index is 0.560. The van der Waals surface area contributed by atoms with Crippen molar-refractivity contribution in [3.05, 3.63) is 52.2 Å². The number of fused-ring (bicyclic) bond motifs is 1. The van der Waals surface area contributed by atoms with E-state index in [0.717, 1.165) is 36.1 Å². The molecule has 6 heteroatoms. The Hall–Kier alpha value is -2.02. The molecule has 0 radical (unpaired) electrons. The zero-order valence-corrected chi connectivity index (χ0v) is 17.5. The Morgan fingerprint density at radius 2 is 1.78 bits per heavy atom.